The van der Waals surface area contributed by atoms with Gasteiger partial charge in [0, 0.05) is 22.3 Å². The Bertz CT molecular complexity index is 803. The first-order valence-electron chi connectivity index (χ1n) is 8.46. The highest BCUT2D eigenvalue weighted by Crippen LogP contribution is 2.22. The van der Waals surface area contributed by atoms with Gasteiger partial charge in [-0.2, -0.15) is 0 Å². The molecule has 2 N–H and O–H groups in total. The van der Waals surface area contributed by atoms with Gasteiger partial charge in [-0.15, -0.1) is 0 Å². The third-order valence-electron chi connectivity index (χ3n) is 3.76. The molecule has 0 fully saturated rings. The standard InChI is InChI=1S/C20H21Cl2FN2O2/c1-3-18(27-19-8-7-14(21)11-17(19)23)20(26)25-12-15-10-13(2)16(22)6-4-5-9-24-15/h4-8,10-11,18,24H,2-3,9,12H2,1H3,(H,25,26)/b5-4-,15-10-,16-6?. The molecule has 0 radical (unpaired) electrons. The van der Waals surface area contributed by atoms with E-state index in [0.29, 0.717) is 23.6 Å². The molecule has 0 saturated heterocycles. The van der Waals surface area contributed by atoms with Gasteiger partial charge in [0.2, 0.25) is 0 Å². The second-order valence-corrected chi connectivity index (χ2v) is 6.67. The average Bonchev–Trinajstić information content (AvgIpc) is 2.71. The normalized spacial score (nSPS) is 18.6. The molecule has 1 heterocycles. The van der Waals surface area contributed by atoms with E-state index >= 15 is 0 Å². The summed E-state index contributed by atoms with van der Waals surface area (Å²) in [6.45, 7) is 6.50. The van der Waals surface area contributed by atoms with Gasteiger partial charge in [-0.05, 0) is 42.3 Å². The minimum atomic E-state index is -0.829. The van der Waals surface area contributed by atoms with Crippen LogP contribution in [0.5, 0.6) is 5.75 Å². The van der Waals surface area contributed by atoms with Gasteiger partial charge in [-0.3, -0.25) is 4.79 Å². The Hall–Kier alpha value is -2.24. The number of carbonyl (C=O) groups excluding carboxylic acids is 1. The number of ether oxygens (including phenoxy) is 1. The molecular weight excluding hydrogens is 390 g/mol. The van der Waals surface area contributed by atoms with E-state index in [9.17, 15) is 9.18 Å². The molecule has 1 amide bonds. The van der Waals surface area contributed by atoms with Crippen LogP contribution in [0.15, 0.2) is 65.4 Å². The zero-order valence-electron chi connectivity index (χ0n) is 14.9. The first-order chi connectivity index (χ1) is 12.9. The Balaban J connectivity index is 2.00. The van der Waals surface area contributed by atoms with Crippen LogP contribution in [0.1, 0.15) is 13.3 Å². The highest BCUT2D eigenvalue weighted by atomic mass is 35.5. The van der Waals surface area contributed by atoms with E-state index < -0.39 is 11.9 Å². The fraction of sp³-hybridized carbons (Fsp3) is 0.250. The van der Waals surface area contributed by atoms with Crippen LogP contribution in [-0.2, 0) is 4.79 Å². The smallest absolute Gasteiger partial charge is 0.261 e. The Morgan fingerprint density at radius 1 is 1.44 bits per heavy atom. The Kier molecular flexibility index (Phi) is 7.95. The number of halogens is 3. The lowest BCUT2D eigenvalue weighted by atomic mass is 10.2. The van der Waals surface area contributed by atoms with Gasteiger partial charge in [0.25, 0.3) is 5.91 Å². The summed E-state index contributed by atoms with van der Waals surface area (Å²) < 4.78 is 19.4. The minimum Gasteiger partial charge on any atom is -0.478 e. The van der Waals surface area contributed by atoms with Crippen LogP contribution in [-0.4, -0.2) is 25.1 Å². The quantitative estimate of drug-likeness (QED) is 0.726. The summed E-state index contributed by atoms with van der Waals surface area (Å²) in [5.41, 5.74) is 1.38. The molecule has 0 saturated carbocycles. The third kappa shape index (κ3) is 6.45. The number of benzene rings is 1. The molecule has 7 heteroatoms. The molecule has 0 aliphatic carbocycles. The molecule has 0 aromatic heterocycles. The summed E-state index contributed by atoms with van der Waals surface area (Å²) in [6.07, 6.45) is 6.81. The predicted molar refractivity (Wildman–Crippen MR) is 107 cm³/mol. The zero-order valence-corrected chi connectivity index (χ0v) is 16.4. The Morgan fingerprint density at radius 3 is 2.93 bits per heavy atom. The highest BCUT2D eigenvalue weighted by Gasteiger charge is 2.20. The van der Waals surface area contributed by atoms with Crippen molar-refractivity contribution in [2.75, 3.05) is 13.1 Å². The van der Waals surface area contributed by atoms with Crippen LogP contribution in [0.25, 0.3) is 0 Å². The zero-order chi connectivity index (χ0) is 19.8. The number of rotatable bonds is 6. The number of carbonyl (C=O) groups is 1. The van der Waals surface area contributed by atoms with Crippen molar-refractivity contribution in [1.29, 1.82) is 0 Å². The molecule has 1 atom stereocenters. The van der Waals surface area contributed by atoms with Crippen molar-refractivity contribution in [2.24, 2.45) is 0 Å². The molecular formula is C20H21Cl2FN2O2. The summed E-state index contributed by atoms with van der Waals surface area (Å²) in [5, 5.41) is 6.75. The van der Waals surface area contributed by atoms with E-state index in [0.717, 1.165) is 11.8 Å². The third-order valence-corrected chi connectivity index (χ3v) is 4.36. The molecule has 2 rings (SSSR count). The molecule has 1 aromatic rings. The molecule has 1 aliphatic rings. The first-order valence-corrected chi connectivity index (χ1v) is 9.21. The van der Waals surface area contributed by atoms with E-state index in [1.165, 1.54) is 12.1 Å². The number of hydrogen-bond donors (Lipinski definition) is 2. The van der Waals surface area contributed by atoms with Gasteiger partial charge >= 0.3 is 0 Å². The summed E-state index contributed by atoms with van der Waals surface area (Å²) >= 11 is 11.9. The lowest BCUT2D eigenvalue weighted by Crippen LogP contribution is -2.40. The highest BCUT2D eigenvalue weighted by molar-refractivity contribution is 6.32. The second kappa shape index (κ2) is 10.2. The molecule has 1 unspecified atom stereocenters. The topological polar surface area (TPSA) is 50.4 Å². The monoisotopic (exact) mass is 410 g/mol. The summed E-state index contributed by atoms with van der Waals surface area (Å²) in [5.74, 6) is -0.979. The SMILES string of the molecule is C=C1/C=C(/CNC(=O)C(CC)Oc2ccc(Cl)cc2F)NC/C=C\C=C1Cl. The van der Waals surface area contributed by atoms with E-state index in [1.807, 2.05) is 12.2 Å². The summed E-state index contributed by atoms with van der Waals surface area (Å²) in [7, 11) is 0. The largest absolute Gasteiger partial charge is 0.478 e. The molecule has 1 aliphatic heterocycles. The van der Waals surface area contributed by atoms with Gasteiger partial charge in [0.1, 0.15) is 0 Å². The van der Waals surface area contributed by atoms with E-state index in [-0.39, 0.29) is 23.2 Å². The number of nitrogens with one attached hydrogen (secondary N) is 2. The van der Waals surface area contributed by atoms with Crippen LogP contribution in [0.2, 0.25) is 5.02 Å². The van der Waals surface area contributed by atoms with Gasteiger partial charge < -0.3 is 15.4 Å². The second-order valence-electron chi connectivity index (χ2n) is 5.83. The fourth-order valence-electron chi connectivity index (χ4n) is 2.30. The number of allylic oxidation sites excluding steroid dienone is 5. The maximum Gasteiger partial charge on any atom is 0.261 e. The summed E-state index contributed by atoms with van der Waals surface area (Å²) in [4.78, 5) is 12.5. The van der Waals surface area contributed by atoms with Crippen molar-refractivity contribution in [2.45, 2.75) is 19.4 Å². The van der Waals surface area contributed by atoms with E-state index in [2.05, 4.69) is 17.2 Å². The van der Waals surface area contributed by atoms with Crippen molar-refractivity contribution in [1.82, 2.24) is 10.6 Å². The molecule has 144 valence electrons. The molecule has 4 nitrogen and oxygen atoms in total. The lowest BCUT2D eigenvalue weighted by Gasteiger charge is -2.19. The van der Waals surface area contributed by atoms with Crippen LogP contribution in [0, 0.1) is 5.82 Å². The van der Waals surface area contributed by atoms with Gasteiger partial charge in [-0.1, -0.05) is 48.9 Å². The van der Waals surface area contributed by atoms with Crippen molar-refractivity contribution in [3.8, 4) is 5.75 Å². The van der Waals surface area contributed by atoms with Crippen LogP contribution >= 0.6 is 23.2 Å². The van der Waals surface area contributed by atoms with Gasteiger partial charge in [0.15, 0.2) is 17.7 Å². The number of hydrogen-bond acceptors (Lipinski definition) is 3. The van der Waals surface area contributed by atoms with Crippen molar-refractivity contribution in [3.63, 3.8) is 0 Å². The molecule has 0 spiro atoms. The molecule has 1 aromatic carbocycles. The van der Waals surface area contributed by atoms with E-state index in [4.69, 9.17) is 27.9 Å². The van der Waals surface area contributed by atoms with Crippen LogP contribution < -0.4 is 15.4 Å². The van der Waals surface area contributed by atoms with Crippen molar-refractivity contribution >= 4 is 29.1 Å². The molecule has 0 bridgehead atoms. The maximum absolute atomic E-state index is 13.9. The summed E-state index contributed by atoms with van der Waals surface area (Å²) in [6, 6.07) is 4.05. The Labute approximate surface area is 168 Å². The van der Waals surface area contributed by atoms with Crippen LogP contribution in [0.3, 0.4) is 0 Å². The predicted octanol–water partition coefficient (Wildman–Crippen LogP) is 4.47. The number of amides is 1. The van der Waals surface area contributed by atoms with Crippen molar-refractivity contribution in [3.05, 3.63) is 76.2 Å². The Morgan fingerprint density at radius 2 is 2.22 bits per heavy atom. The lowest BCUT2D eigenvalue weighted by molar-refractivity contribution is -0.128. The molecule has 27 heavy (non-hydrogen) atoms. The average molecular weight is 411 g/mol. The fourth-order valence-corrected chi connectivity index (χ4v) is 2.59. The van der Waals surface area contributed by atoms with Crippen LogP contribution in [0.4, 0.5) is 4.39 Å². The first kappa shape index (κ1) is 21.1. The van der Waals surface area contributed by atoms with Crippen molar-refractivity contribution < 1.29 is 13.9 Å². The van der Waals surface area contributed by atoms with Gasteiger partial charge in [-0.25, -0.2) is 4.39 Å². The maximum atomic E-state index is 13.9. The van der Waals surface area contributed by atoms with E-state index in [1.54, 1.807) is 19.1 Å². The minimum absolute atomic E-state index is 0.0170. The van der Waals surface area contributed by atoms with Gasteiger partial charge in [0.05, 0.1) is 6.54 Å².